The molecule has 45 heavy (non-hydrogen) atoms. The van der Waals surface area contributed by atoms with Crippen molar-refractivity contribution in [3.8, 4) is 5.75 Å². The van der Waals surface area contributed by atoms with Gasteiger partial charge in [-0.2, -0.15) is 4.31 Å². The predicted octanol–water partition coefficient (Wildman–Crippen LogP) is 3.98. The lowest BCUT2D eigenvalue weighted by atomic mass is 10.1. The van der Waals surface area contributed by atoms with Gasteiger partial charge in [0.15, 0.2) is 4.90 Å². The number of nitrogens with zero attached hydrogens (tertiary/aromatic N) is 5. The first-order chi connectivity index (χ1) is 21.7. The van der Waals surface area contributed by atoms with Crippen LogP contribution in [0.2, 0.25) is 0 Å². The van der Waals surface area contributed by atoms with Crippen molar-refractivity contribution in [1.82, 2.24) is 18.8 Å². The zero-order valence-corrected chi connectivity index (χ0v) is 26.0. The smallest absolute Gasteiger partial charge is 0.289 e. The van der Waals surface area contributed by atoms with Crippen LogP contribution in [0.4, 0.5) is 5.69 Å². The highest BCUT2D eigenvalue weighted by molar-refractivity contribution is 7.89. The van der Waals surface area contributed by atoms with Crippen LogP contribution in [0.5, 0.6) is 5.75 Å². The third-order valence-corrected chi connectivity index (χ3v) is 9.98. The number of ether oxygens (including phenoxy) is 2. The summed E-state index contributed by atoms with van der Waals surface area (Å²) in [4.78, 5) is 28.8. The van der Waals surface area contributed by atoms with E-state index in [0.29, 0.717) is 25.3 Å². The Morgan fingerprint density at radius 3 is 2.53 bits per heavy atom. The predicted molar refractivity (Wildman–Crippen MR) is 170 cm³/mol. The van der Waals surface area contributed by atoms with E-state index in [1.54, 1.807) is 36.1 Å². The quantitative estimate of drug-likeness (QED) is 0.114. The molecule has 0 bridgehead atoms. The van der Waals surface area contributed by atoms with E-state index in [1.165, 1.54) is 34.6 Å². The molecule has 0 saturated carbocycles. The molecular weight excluding hydrogens is 598 g/mol. The van der Waals surface area contributed by atoms with E-state index >= 15 is 0 Å². The minimum atomic E-state index is -4.16. The Hall–Kier alpha value is -4.17. The van der Waals surface area contributed by atoms with Crippen LogP contribution in [0.1, 0.15) is 24.8 Å². The fourth-order valence-electron chi connectivity index (χ4n) is 5.45. The van der Waals surface area contributed by atoms with Crippen LogP contribution in [0.25, 0.3) is 10.9 Å². The minimum absolute atomic E-state index is 0.102. The summed E-state index contributed by atoms with van der Waals surface area (Å²) in [5, 5.41) is 12.5. The maximum atomic E-state index is 13.8. The Bertz CT molecular complexity index is 1770. The standard InChI is InChI=1S/C32H37N5O7S/c1-34-29-9-8-28(23-26(29)7-10-32(34)38)43-22-4-17-36(45(41,42)31-6-3-2-5-30(31)37(39)40)21-20-35-18-13-27(14-19-35)44-24-25-11-15-33-16-12-25/h2-3,5-12,15-16,23,27H,4,13-14,17-22,24H2,1H3. The molecule has 3 heterocycles. The number of hydrogen-bond donors (Lipinski definition) is 0. The molecule has 13 heteroatoms. The van der Waals surface area contributed by atoms with Gasteiger partial charge in [0.25, 0.3) is 11.2 Å². The van der Waals surface area contributed by atoms with E-state index < -0.39 is 20.6 Å². The lowest BCUT2D eigenvalue weighted by molar-refractivity contribution is -0.387. The Labute approximate surface area is 262 Å². The lowest BCUT2D eigenvalue weighted by Crippen LogP contribution is -2.43. The summed E-state index contributed by atoms with van der Waals surface area (Å²) in [6, 6.07) is 17.9. The van der Waals surface area contributed by atoms with Crippen molar-refractivity contribution in [2.75, 3.05) is 39.3 Å². The number of aryl methyl sites for hydroxylation is 1. The van der Waals surface area contributed by atoms with Gasteiger partial charge < -0.3 is 18.9 Å². The number of benzene rings is 2. The van der Waals surface area contributed by atoms with Gasteiger partial charge in [0, 0.05) is 69.7 Å². The zero-order chi connectivity index (χ0) is 31.8. The maximum absolute atomic E-state index is 13.8. The first-order valence-electron chi connectivity index (χ1n) is 14.9. The number of piperidine rings is 1. The highest BCUT2D eigenvalue weighted by atomic mass is 32.2. The van der Waals surface area contributed by atoms with E-state index in [9.17, 15) is 23.3 Å². The van der Waals surface area contributed by atoms with Gasteiger partial charge in [-0.15, -0.1) is 0 Å². The minimum Gasteiger partial charge on any atom is -0.494 e. The van der Waals surface area contributed by atoms with Crippen LogP contribution in [-0.2, 0) is 28.4 Å². The van der Waals surface area contributed by atoms with E-state index in [4.69, 9.17) is 9.47 Å². The molecule has 0 amide bonds. The summed E-state index contributed by atoms with van der Waals surface area (Å²) in [5.41, 5.74) is 1.30. The fourth-order valence-corrected chi connectivity index (χ4v) is 7.07. The van der Waals surface area contributed by atoms with Crippen LogP contribution >= 0.6 is 0 Å². The molecule has 1 aliphatic heterocycles. The molecule has 2 aromatic carbocycles. The molecule has 0 unspecified atom stereocenters. The molecule has 1 fully saturated rings. The normalized spacial score (nSPS) is 14.6. The summed E-state index contributed by atoms with van der Waals surface area (Å²) in [5.74, 6) is 0.600. The van der Waals surface area contributed by atoms with E-state index in [2.05, 4.69) is 9.88 Å². The summed E-state index contributed by atoms with van der Waals surface area (Å²) in [6.07, 6.45) is 5.64. The summed E-state index contributed by atoms with van der Waals surface area (Å²) >= 11 is 0. The van der Waals surface area contributed by atoms with E-state index in [1.807, 2.05) is 24.3 Å². The molecule has 0 N–H and O–H groups in total. The number of likely N-dealkylation sites (tertiary alicyclic amines) is 1. The molecule has 0 atom stereocenters. The molecule has 4 aromatic rings. The number of pyridine rings is 2. The number of sulfonamides is 1. The third-order valence-electron chi connectivity index (χ3n) is 8.03. The van der Waals surface area contributed by atoms with Gasteiger partial charge in [-0.3, -0.25) is 19.9 Å². The van der Waals surface area contributed by atoms with E-state index in [-0.39, 0.29) is 36.3 Å². The molecular formula is C32H37N5O7S. The van der Waals surface area contributed by atoms with Gasteiger partial charge in [-0.05, 0) is 67.3 Å². The number of rotatable bonds is 14. The van der Waals surface area contributed by atoms with Crippen LogP contribution in [0.3, 0.4) is 0 Å². The van der Waals surface area contributed by atoms with Crippen LogP contribution in [0.15, 0.2) is 88.8 Å². The second kappa shape index (κ2) is 14.7. The van der Waals surface area contributed by atoms with Gasteiger partial charge in [0.05, 0.1) is 29.8 Å². The second-order valence-corrected chi connectivity index (χ2v) is 12.9. The monoisotopic (exact) mass is 635 g/mol. The number of nitro benzene ring substituents is 1. The third kappa shape index (κ3) is 8.11. The molecule has 12 nitrogen and oxygen atoms in total. The van der Waals surface area contributed by atoms with Crippen molar-refractivity contribution >= 4 is 26.6 Å². The fraction of sp³-hybridized carbons (Fsp3) is 0.375. The molecule has 0 radical (unpaired) electrons. The van der Waals surface area contributed by atoms with Crippen molar-refractivity contribution in [2.24, 2.45) is 7.05 Å². The first-order valence-corrected chi connectivity index (χ1v) is 16.4. The number of fused-ring (bicyclic) bond motifs is 1. The maximum Gasteiger partial charge on any atom is 0.289 e. The summed E-state index contributed by atoms with van der Waals surface area (Å²) in [6.45, 7) is 3.08. The lowest BCUT2D eigenvalue weighted by Gasteiger charge is -2.33. The van der Waals surface area contributed by atoms with Crippen molar-refractivity contribution < 1.29 is 22.8 Å². The number of nitro groups is 1. The largest absolute Gasteiger partial charge is 0.494 e. The highest BCUT2D eigenvalue weighted by Gasteiger charge is 2.32. The average Bonchev–Trinajstić information content (AvgIpc) is 3.06. The van der Waals surface area contributed by atoms with E-state index in [0.717, 1.165) is 42.4 Å². The molecule has 0 aliphatic carbocycles. The van der Waals surface area contributed by atoms with Crippen LogP contribution in [-0.4, -0.2) is 77.5 Å². The van der Waals surface area contributed by atoms with Gasteiger partial charge in [-0.1, -0.05) is 12.1 Å². The Kier molecular flexibility index (Phi) is 10.6. The van der Waals surface area contributed by atoms with Gasteiger partial charge in [-0.25, -0.2) is 8.42 Å². The van der Waals surface area contributed by atoms with Crippen molar-refractivity contribution in [3.05, 3.63) is 105 Å². The average molecular weight is 636 g/mol. The van der Waals surface area contributed by atoms with Gasteiger partial charge >= 0.3 is 0 Å². The van der Waals surface area contributed by atoms with Crippen molar-refractivity contribution in [2.45, 2.75) is 36.9 Å². The second-order valence-electron chi connectivity index (χ2n) is 11.0. The molecule has 2 aromatic heterocycles. The zero-order valence-electron chi connectivity index (χ0n) is 25.2. The van der Waals surface area contributed by atoms with Crippen LogP contribution in [0, 0.1) is 10.1 Å². The first kappa shape index (κ1) is 32.2. The highest BCUT2D eigenvalue weighted by Crippen LogP contribution is 2.27. The molecule has 1 saturated heterocycles. The molecule has 1 aliphatic rings. The topological polar surface area (TPSA) is 137 Å². The molecule has 238 valence electrons. The Morgan fingerprint density at radius 1 is 1.02 bits per heavy atom. The molecule has 0 spiro atoms. The Balaban J connectivity index is 1.20. The van der Waals surface area contributed by atoms with Crippen LogP contribution < -0.4 is 10.3 Å². The van der Waals surface area contributed by atoms with Crippen molar-refractivity contribution in [1.29, 1.82) is 0 Å². The summed E-state index contributed by atoms with van der Waals surface area (Å²) < 4.78 is 42.4. The number of para-hydroxylation sites is 1. The number of aromatic nitrogens is 2. The Morgan fingerprint density at radius 2 is 1.78 bits per heavy atom. The molecule has 5 rings (SSSR count). The van der Waals surface area contributed by atoms with Gasteiger partial charge in [0.1, 0.15) is 5.75 Å². The SMILES string of the molecule is Cn1c(=O)ccc2cc(OCCCN(CCN3CCC(OCc4ccncc4)CC3)S(=O)(=O)c3ccccc3[N+](=O)[O-])ccc21. The number of hydrogen-bond acceptors (Lipinski definition) is 9. The summed E-state index contributed by atoms with van der Waals surface area (Å²) in [7, 11) is -2.46. The van der Waals surface area contributed by atoms with Gasteiger partial charge in [0.2, 0.25) is 10.0 Å². The van der Waals surface area contributed by atoms with Crippen molar-refractivity contribution in [3.63, 3.8) is 0 Å².